The van der Waals surface area contributed by atoms with Crippen LogP contribution >= 0.6 is 0 Å². The monoisotopic (exact) mass is 341 g/mol. The molecule has 0 radical (unpaired) electrons. The third-order valence-corrected chi connectivity index (χ3v) is 4.48. The van der Waals surface area contributed by atoms with Gasteiger partial charge in [0, 0.05) is 19.8 Å². The van der Waals surface area contributed by atoms with Crippen LogP contribution in [0, 0.1) is 11.3 Å². The first-order chi connectivity index (χ1) is 11.6. The van der Waals surface area contributed by atoms with Gasteiger partial charge in [0.25, 0.3) is 0 Å². The number of rotatable bonds is 13. The second-order valence-corrected chi connectivity index (χ2v) is 6.64. The second kappa shape index (κ2) is 11.8. The summed E-state index contributed by atoms with van der Waals surface area (Å²) < 4.78 is 23.9. The lowest BCUT2D eigenvalue weighted by Gasteiger charge is -2.33. The van der Waals surface area contributed by atoms with Crippen molar-refractivity contribution < 1.29 is 18.9 Å². The third-order valence-electron chi connectivity index (χ3n) is 4.48. The molecule has 1 fully saturated rings. The van der Waals surface area contributed by atoms with E-state index in [1.165, 1.54) is 0 Å². The van der Waals surface area contributed by atoms with Gasteiger partial charge in [0.1, 0.15) is 17.8 Å². The molecule has 1 aliphatic heterocycles. The molecule has 0 bridgehead atoms. The summed E-state index contributed by atoms with van der Waals surface area (Å²) in [6, 6.07) is 2.25. The van der Waals surface area contributed by atoms with Crippen LogP contribution in [0.5, 0.6) is 0 Å². The first kappa shape index (κ1) is 21.4. The number of unbranched alkanes of at least 4 members (excludes halogenated alkanes) is 3. The Hall–Kier alpha value is -0.670. The molecular formula is C19H35NO4. The maximum Gasteiger partial charge on any atom is 0.175 e. The van der Waals surface area contributed by atoms with E-state index in [2.05, 4.69) is 26.8 Å². The van der Waals surface area contributed by atoms with E-state index in [4.69, 9.17) is 18.9 Å². The van der Waals surface area contributed by atoms with E-state index >= 15 is 0 Å². The molecule has 1 rings (SSSR count). The van der Waals surface area contributed by atoms with Crippen LogP contribution in [0.25, 0.3) is 0 Å². The van der Waals surface area contributed by atoms with Crippen LogP contribution in [0.15, 0.2) is 0 Å². The van der Waals surface area contributed by atoms with E-state index in [9.17, 15) is 5.26 Å². The fraction of sp³-hybridized carbons (Fsp3) is 0.947. The van der Waals surface area contributed by atoms with Crippen molar-refractivity contribution in [3.05, 3.63) is 0 Å². The molecule has 0 aromatic rings. The highest BCUT2D eigenvalue weighted by atomic mass is 16.6. The number of hydrogen-bond donors (Lipinski definition) is 0. The Bertz CT molecular complexity index is 371. The normalized spacial score (nSPS) is 29.7. The van der Waals surface area contributed by atoms with Crippen molar-refractivity contribution in [3.63, 3.8) is 0 Å². The summed E-state index contributed by atoms with van der Waals surface area (Å²) in [5, 5.41) is 9.52. The van der Waals surface area contributed by atoms with Crippen molar-refractivity contribution in [3.8, 4) is 6.07 Å². The van der Waals surface area contributed by atoms with Gasteiger partial charge in [-0.15, -0.1) is 0 Å². The Kier molecular flexibility index (Phi) is 10.5. The van der Waals surface area contributed by atoms with Gasteiger partial charge >= 0.3 is 0 Å². The Morgan fingerprint density at radius 1 is 1.00 bits per heavy atom. The van der Waals surface area contributed by atoms with Gasteiger partial charge < -0.3 is 18.9 Å². The molecule has 5 heteroatoms. The molecule has 4 atom stereocenters. The number of hydrogen-bond acceptors (Lipinski definition) is 5. The average molecular weight is 341 g/mol. The zero-order valence-corrected chi connectivity index (χ0v) is 15.9. The van der Waals surface area contributed by atoms with Crippen LogP contribution < -0.4 is 0 Å². The van der Waals surface area contributed by atoms with Crippen LogP contribution in [0.4, 0.5) is 0 Å². The van der Waals surface area contributed by atoms with Gasteiger partial charge in [-0.1, -0.05) is 40.0 Å². The molecule has 0 aromatic carbocycles. The number of nitriles is 1. The summed E-state index contributed by atoms with van der Waals surface area (Å²) in [4.78, 5) is 0. The van der Waals surface area contributed by atoms with E-state index in [-0.39, 0.29) is 12.2 Å². The van der Waals surface area contributed by atoms with Crippen molar-refractivity contribution in [1.82, 2.24) is 0 Å². The standard InChI is InChI=1S/C19H35NO4/c1-5-8-11-21-15-16-18(22-12-9-6-2)19(4,17(14-20)24-16)23-13-10-7-3/h16-18H,5-13,15H2,1-4H3/t16-,17+,18-,19+/m1/s1. The van der Waals surface area contributed by atoms with Gasteiger partial charge in [-0.25, -0.2) is 0 Å². The zero-order chi connectivity index (χ0) is 17.8. The summed E-state index contributed by atoms with van der Waals surface area (Å²) in [5.74, 6) is 0. The van der Waals surface area contributed by atoms with E-state index in [0.717, 1.165) is 38.5 Å². The molecule has 0 aromatic heterocycles. The fourth-order valence-corrected chi connectivity index (χ4v) is 2.85. The zero-order valence-electron chi connectivity index (χ0n) is 15.9. The molecular weight excluding hydrogens is 306 g/mol. The highest BCUT2D eigenvalue weighted by Crippen LogP contribution is 2.37. The minimum Gasteiger partial charge on any atom is -0.379 e. The minimum absolute atomic E-state index is 0.255. The molecule has 140 valence electrons. The second-order valence-electron chi connectivity index (χ2n) is 6.64. The number of nitrogens with zero attached hydrogens (tertiary/aromatic N) is 1. The molecule has 0 N–H and O–H groups in total. The smallest absolute Gasteiger partial charge is 0.175 e. The molecule has 0 unspecified atom stereocenters. The predicted octanol–water partition coefficient (Wildman–Crippen LogP) is 3.85. The van der Waals surface area contributed by atoms with Crippen LogP contribution in [0.1, 0.15) is 66.2 Å². The number of ether oxygens (including phenoxy) is 4. The maximum atomic E-state index is 9.52. The first-order valence-electron chi connectivity index (χ1n) is 9.52. The molecule has 0 aliphatic carbocycles. The van der Waals surface area contributed by atoms with Gasteiger partial charge in [0.15, 0.2) is 6.10 Å². The SMILES string of the molecule is CCCCOC[C@H]1O[C@@H](C#N)[C@](C)(OCCCC)[C@@H]1OCCCC. The van der Waals surface area contributed by atoms with Crippen LogP contribution in [-0.4, -0.2) is 50.3 Å². The highest BCUT2D eigenvalue weighted by molar-refractivity contribution is 5.11. The van der Waals surface area contributed by atoms with Gasteiger partial charge in [0.05, 0.1) is 12.7 Å². The molecule has 1 aliphatic rings. The summed E-state index contributed by atoms with van der Waals surface area (Å²) in [5.41, 5.74) is -0.740. The van der Waals surface area contributed by atoms with Gasteiger partial charge in [-0.3, -0.25) is 0 Å². The molecule has 0 saturated carbocycles. The van der Waals surface area contributed by atoms with E-state index in [1.54, 1.807) is 0 Å². The summed E-state index contributed by atoms with van der Waals surface area (Å²) in [7, 11) is 0. The molecule has 0 amide bonds. The summed E-state index contributed by atoms with van der Waals surface area (Å²) in [6.07, 6.45) is 5.05. The van der Waals surface area contributed by atoms with E-state index in [0.29, 0.717) is 26.4 Å². The molecule has 0 spiro atoms. The van der Waals surface area contributed by atoms with Crippen molar-refractivity contribution in [1.29, 1.82) is 5.26 Å². The molecule has 5 nitrogen and oxygen atoms in total. The lowest BCUT2D eigenvalue weighted by atomic mass is 9.92. The maximum absolute atomic E-state index is 9.52. The molecule has 1 heterocycles. The molecule has 24 heavy (non-hydrogen) atoms. The van der Waals surface area contributed by atoms with Gasteiger partial charge in [0.2, 0.25) is 0 Å². The quantitative estimate of drug-likeness (QED) is 0.476. The highest BCUT2D eigenvalue weighted by Gasteiger charge is 2.55. The lowest BCUT2D eigenvalue weighted by Crippen LogP contribution is -2.50. The Balaban J connectivity index is 2.75. The van der Waals surface area contributed by atoms with Crippen LogP contribution in [-0.2, 0) is 18.9 Å². The first-order valence-corrected chi connectivity index (χ1v) is 9.52. The van der Waals surface area contributed by atoms with Gasteiger partial charge in [-0.2, -0.15) is 5.26 Å². The average Bonchev–Trinajstić information content (AvgIpc) is 2.84. The Labute approximate surface area is 147 Å². The van der Waals surface area contributed by atoms with Crippen molar-refractivity contribution in [2.24, 2.45) is 0 Å². The largest absolute Gasteiger partial charge is 0.379 e. The van der Waals surface area contributed by atoms with E-state index in [1.807, 2.05) is 6.92 Å². The van der Waals surface area contributed by atoms with Crippen LogP contribution in [0.2, 0.25) is 0 Å². The van der Waals surface area contributed by atoms with Crippen molar-refractivity contribution in [2.75, 3.05) is 26.4 Å². The predicted molar refractivity (Wildman–Crippen MR) is 93.9 cm³/mol. The van der Waals surface area contributed by atoms with Crippen LogP contribution in [0.3, 0.4) is 0 Å². The topological polar surface area (TPSA) is 60.7 Å². The van der Waals surface area contributed by atoms with E-state index < -0.39 is 11.7 Å². The summed E-state index contributed by atoms with van der Waals surface area (Å²) in [6.45, 7) is 10.8. The summed E-state index contributed by atoms with van der Waals surface area (Å²) >= 11 is 0. The Morgan fingerprint density at radius 3 is 2.25 bits per heavy atom. The van der Waals surface area contributed by atoms with Crippen molar-refractivity contribution in [2.45, 2.75) is 90.1 Å². The molecule has 1 saturated heterocycles. The minimum atomic E-state index is -0.740. The fourth-order valence-electron chi connectivity index (χ4n) is 2.85. The Morgan fingerprint density at radius 2 is 1.62 bits per heavy atom. The lowest BCUT2D eigenvalue weighted by molar-refractivity contribution is -0.129. The van der Waals surface area contributed by atoms with Gasteiger partial charge in [-0.05, 0) is 26.2 Å². The van der Waals surface area contributed by atoms with Crippen molar-refractivity contribution >= 4 is 0 Å². The third kappa shape index (κ3) is 6.00.